The Morgan fingerprint density at radius 2 is 1.50 bits per heavy atom. The fourth-order valence-electron chi connectivity index (χ4n) is 2.54. The maximum absolute atomic E-state index is 12.5. The monoisotopic (exact) mass is 237 g/mol. The lowest BCUT2D eigenvalue weighted by Crippen LogP contribution is -2.20. The molecule has 3 rings (SSSR count). The quantitative estimate of drug-likeness (QED) is 0.624. The van der Waals surface area contributed by atoms with Gasteiger partial charge in [-0.05, 0) is 23.9 Å². The van der Waals surface area contributed by atoms with Crippen molar-refractivity contribution in [1.82, 2.24) is 4.57 Å². The molecule has 0 unspecified atom stereocenters. The molecule has 0 fully saturated rings. The van der Waals surface area contributed by atoms with Crippen LogP contribution in [0.25, 0.3) is 21.7 Å². The second kappa shape index (κ2) is 4.30. The van der Waals surface area contributed by atoms with Crippen molar-refractivity contribution < 1.29 is 0 Å². The van der Waals surface area contributed by atoms with Gasteiger partial charge in [0.15, 0.2) is 0 Å². The van der Waals surface area contributed by atoms with Gasteiger partial charge in [-0.15, -0.1) is 0 Å². The number of hydrogen-bond acceptors (Lipinski definition) is 1. The van der Waals surface area contributed by atoms with Crippen molar-refractivity contribution in [2.24, 2.45) is 0 Å². The molecule has 0 radical (unpaired) electrons. The number of hydrogen-bond donors (Lipinski definition) is 0. The third kappa shape index (κ3) is 1.53. The second-order valence-corrected chi connectivity index (χ2v) is 4.52. The van der Waals surface area contributed by atoms with Crippen molar-refractivity contribution in [1.29, 1.82) is 0 Å². The number of fused-ring (bicyclic) bond motifs is 3. The largest absolute Gasteiger partial charge is 0.308 e. The Balaban J connectivity index is 2.58. The zero-order chi connectivity index (χ0) is 12.5. The zero-order valence-electron chi connectivity index (χ0n) is 10.4. The molecule has 1 heterocycles. The van der Waals surface area contributed by atoms with Crippen LogP contribution in [0.5, 0.6) is 0 Å². The molecule has 90 valence electrons. The molecule has 0 aliphatic rings. The van der Waals surface area contributed by atoms with E-state index in [4.69, 9.17) is 0 Å². The van der Waals surface area contributed by atoms with Gasteiger partial charge in [0.1, 0.15) is 0 Å². The molecular formula is C16H15NO. The van der Waals surface area contributed by atoms with Crippen LogP contribution in [0.15, 0.2) is 53.3 Å². The van der Waals surface area contributed by atoms with E-state index in [0.717, 1.165) is 34.6 Å². The first-order valence-electron chi connectivity index (χ1n) is 6.33. The highest BCUT2D eigenvalue weighted by Gasteiger charge is 2.08. The van der Waals surface area contributed by atoms with E-state index in [1.165, 1.54) is 0 Å². The second-order valence-electron chi connectivity index (χ2n) is 4.52. The molecule has 3 aromatic rings. The summed E-state index contributed by atoms with van der Waals surface area (Å²) >= 11 is 0. The van der Waals surface area contributed by atoms with E-state index in [9.17, 15) is 4.79 Å². The third-order valence-electron chi connectivity index (χ3n) is 3.33. The lowest BCUT2D eigenvalue weighted by Gasteiger charge is -2.11. The molecule has 2 heteroatoms. The summed E-state index contributed by atoms with van der Waals surface area (Å²) in [5.74, 6) is 0. The van der Waals surface area contributed by atoms with E-state index in [2.05, 4.69) is 13.0 Å². The van der Waals surface area contributed by atoms with Crippen LogP contribution in [-0.4, -0.2) is 4.57 Å². The summed E-state index contributed by atoms with van der Waals surface area (Å²) in [6, 6.07) is 16.0. The minimum atomic E-state index is 0.117. The average molecular weight is 237 g/mol. The Bertz CT molecular complexity index is 771. The van der Waals surface area contributed by atoms with Crippen LogP contribution < -0.4 is 5.56 Å². The van der Waals surface area contributed by atoms with Gasteiger partial charge < -0.3 is 4.57 Å². The normalized spacial score (nSPS) is 11.2. The number of para-hydroxylation sites is 1. The van der Waals surface area contributed by atoms with Gasteiger partial charge in [-0.3, -0.25) is 4.79 Å². The van der Waals surface area contributed by atoms with Crippen molar-refractivity contribution in [3.63, 3.8) is 0 Å². The Hall–Kier alpha value is -2.09. The molecule has 0 saturated carbocycles. The Morgan fingerprint density at radius 1 is 0.889 bits per heavy atom. The summed E-state index contributed by atoms with van der Waals surface area (Å²) in [7, 11) is 0. The molecule has 2 nitrogen and oxygen atoms in total. The highest BCUT2D eigenvalue weighted by atomic mass is 16.1. The van der Waals surface area contributed by atoms with Crippen molar-refractivity contribution in [3.8, 4) is 0 Å². The maximum Gasteiger partial charge on any atom is 0.258 e. The molecule has 0 amide bonds. The summed E-state index contributed by atoms with van der Waals surface area (Å²) in [5.41, 5.74) is 1.15. The third-order valence-corrected chi connectivity index (χ3v) is 3.33. The molecule has 0 bridgehead atoms. The van der Waals surface area contributed by atoms with Gasteiger partial charge in [-0.2, -0.15) is 0 Å². The smallest absolute Gasteiger partial charge is 0.258 e. The highest BCUT2D eigenvalue weighted by molar-refractivity contribution is 6.05. The molecule has 0 spiro atoms. The predicted octanol–water partition coefficient (Wildman–Crippen LogP) is 3.56. The summed E-state index contributed by atoms with van der Waals surface area (Å²) < 4.78 is 1.89. The van der Waals surface area contributed by atoms with E-state index in [0.29, 0.717) is 0 Å². The fourth-order valence-corrected chi connectivity index (χ4v) is 2.54. The molecule has 0 N–H and O–H groups in total. The van der Waals surface area contributed by atoms with E-state index in [1.807, 2.05) is 47.0 Å². The number of benzene rings is 2. The number of rotatable bonds is 2. The number of nitrogens with zero attached hydrogens (tertiary/aromatic N) is 1. The van der Waals surface area contributed by atoms with E-state index in [-0.39, 0.29) is 5.56 Å². The lowest BCUT2D eigenvalue weighted by molar-refractivity contribution is 0.683. The standard InChI is InChI=1S/C16H15NO/c1-2-11-17-15-10-6-5-8-13(15)12-7-3-4-9-14(12)16(17)18/h3-10H,2,11H2,1H3. The molecule has 0 aliphatic heterocycles. The molecule has 18 heavy (non-hydrogen) atoms. The fraction of sp³-hybridized carbons (Fsp3) is 0.188. The van der Waals surface area contributed by atoms with E-state index in [1.54, 1.807) is 0 Å². The van der Waals surface area contributed by atoms with Crippen LogP contribution in [0.4, 0.5) is 0 Å². The van der Waals surface area contributed by atoms with Gasteiger partial charge in [-0.25, -0.2) is 0 Å². The molecular weight excluding hydrogens is 222 g/mol. The number of aryl methyl sites for hydroxylation is 1. The van der Waals surface area contributed by atoms with Gasteiger partial charge in [0.05, 0.1) is 5.52 Å². The van der Waals surface area contributed by atoms with Crippen molar-refractivity contribution in [3.05, 3.63) is 58.9 Å². The molecule has 2 aromatic carbocycles. The first kappa shape index (κ1) is 11.0. The molecule has 0 aliphatic carbocycles. The molecule has 1 aromatic heterocycles. The van der Waals surface area contributed by atoms with E-state index >= 15 is 0 Å². The topological polar surface area (TPSA) is 22.0 Å². The Kier molecular flexibility index (Phi) is 2.63. The Morgan fingerprint density at radius 3 is 2.22 bits per heavy atom. The van der Waals surface area contributed by atoms with Crippen LogP contribution >= 0.6 is 0 Å². The van der Waals surface area contributed by atoms with Gasteiger partial charge in [0.2, 0.25) is 0 Å². The van der Waals surface area contributed by atoms with Crippen LogP contribution in [0.2, 0.25) is 0 Å². The SMILES string of the molecule is CCCn1c(=O)c2ccccc2c2ccccc21. The van der Waals surface area contributed by atoms with Crippen molar-refractivity contribution >= 4 is 21.7 Å². The number of pyridine rings is 1. The summed E-state index contributed by atoms with van der Waals surface area (Å²) in [6.07, 6.45) is 0.961. The van der Waals surface area contributed by atoms with Gasteiger partial charge in [0, 0.05) is 17.3 Å². The average Bonchev–Trinajstić information content (AvgIpc) is 2.43. The Labute approximate surface area is 105 Å². The number of aromatic nitrogens is 1. The van der Waals surface area contributed by atoms with Gasteiger partial charge >= 0.3 is 0 Å². The molecule has 0 atom stereocenters. The van der Waals surface area contributed by atoms with Crippen LogP contribution in [0, 0.1) is 0 Å². The molecule has 0 saturated heterocycles. The van der Waals surface area contributed by atoms with E-state index < -0.39 is 0 Å². The van der Waals surface area contributed by atoms with Crippen molar-refractivity contribution in [2.45, 2.75) is 19.9 Å². The predicted molar refractivity (Wildman–Crippen MR) is 76.0 cm³/mol. The summed E-state index contributed by atoms with van der Waals surface area (Å²) in [5, 5.41) is 3.01. The minimum Gasteiger partial charge on any atom is -0.308 e. The van der Waals surface area contributed by atoms with Gasteiger partial charge in [-0.1, -0.05) is 43.3 Å². The maximum atomic E-state index is 12.5. The van der Waals surface area contributed by atoms with Crippen LogP contribution in [0.1, 0.15) is 13.3 Å². The van der Waals surface area contributed by atoms with Gasteiger partial charge in [0.25, 0.3) is 5.56 Å². The lowest BCUT2D eigenvalue weighted by atomic mass is 10.1. The highest BCUT2D eigenvalue weighted by Crippen LogP contribution is 2.22. The summed E-state index contributed by atoms with van der Waals surface area (Å²) in [6.45, 7) is 2.86. The van der Waals surface area contributed by atoms with Crippen LogP contribution in [0.3, 0.4) is 0 Å². The first-order chi connectivity index (χ1) is 8.83. The zero-order valence-corrected chi connectivity index (χ0v) is 10.4. The first-order valence-corrected chi connectivity index (χ1v) is 6.33. The van der Waals surface area contributed by atoms with Crippen molar-refractivity contribution in [2.75, 3.05) is 0 Å². The van der Waals surface area contributed by atoms with Crippen LogP contribution in [-0.2, 0) is 6.54 Å². The summed E-state index contributed by atoms with van der Waals surface area (Å²) in [4.78, 5) is 12.5. The minimum absolute atomic E-state index is 0.117.